The van der Waals surface area contributed by atoms with Gasteiger partial charge in [-0.2, -0.15) is 17.2 Å². The van der Waals surface area contributed by atoms with Crippen LogP contribution >= 0.6 is 0 Å². The molecule has 0 saturated carbocycles. The minimum Gasteiger partial charge on any atom is -0.509 e. The Labute approximate surface area is 317 Å². The predicted molar refractivity (Wildman–Crippen MR) is 206 cm³/mol. The second kappa shape index (κ2) is 15.0. The van der Waals surface area contributed by atoms with Gasteiger partial charge >= 0.3 is 21.1 Å². The van der Waals surface area contributed by atoms with Gasteiger partial charge in [0.25, 0.3) is 0 Å². The van der Waals surface area contributed by atoms with Crippen LogP contribution in [-0.2, 0) is 33.9 Å². The van der Waals surface area contributed by atoms with Crippen LogP contribution in [-0.4, -0.2) is 19.3 Å². The zero-order chi connectivity index (χ0) is 35.1. The largest absolute Gasteiger partial charge is 2.00 e. The number of nitrogens with zero attached hydrogens (tertiary/aromatic N) is 4. The minimum atomic E-state index is 0. The number of ether oxygens (including phenoxy) is 1. The van der Waals surface area contributed by atoms with Crippen molar-refractivity contribution in [3.05, 3.63) is 131 Å². The second-order valence-corrected chi connectivity index (χ2v) is 14.8. The number of benzene rings is 4. The van der Waals surface area contributed by atoms with Crippen molar-refractivity contribution in [3.63, 3.8) is 0 Å². The fourth-order valence-corrected chi connectivity index (χ4v) is 7.19. The smallest absolute Gasteiger partial charge is 0.509 e. The third-order valence-corrected chi connectivity index (χ3v) is 9.53. The topological polar surface area (TPSA) is 44.9 Å². The fraction of sp³-hybridized carbons (Fsp3) is 0.289. The van der Waals surface area contributed by atoms with Crippen LogP contribution in [0.5, 0.6) is 11.5 Å². The average Bonchev–Trinajstić information content (AvgIpc) is 3.70. The van der Waals surface area contributed by atoms with Crippen molar-refractivity contribution in [2.45, 2.75) is 74.1 Å². The first-order valence-electron chi connectivity index (χ1n) is 17.9. The summed E-state index contributed by atoms with van der Waals surface area (Å²) in [6.07, 6.45) is 8.11. The van der Waals surface area contributed by atoms with Gasteiger partial charge in [-0.25, -0.2) is 4.98 Å². The van der Waals surface area contributed by atoms with E-state index < -0.39 is 0 Å². The van der Waals surface area contributed by atoms with E-state index in [0.29, 0.717) is 29.3 Å². The van der Waals surface area contributed by atoms with E-state index in [4.69, 9.17) is 14.8 Å². The molecule has 6 heteroatoms. The summed E-state index contributed by atoms with van der Waals surface area (Å²) in [4.78, 5) is 4.78. The van der Waals surface area contributed by atoms with Crippen molar-refractivity contribution in [1.82, 2.24) is 19.3 Å². The molecule has 0 aliphatic carbocycles. The summed E-state index contributed by atoms with van der Waals surface area (Å²) in [5, 5.41) is 7.11. The quantitative estimate of drug-likeness (QED) is 0.129. The molecule has 5 nitrogen and oxygen atoms in total. The Morgan fingerprint density at radius 2 is 1.45 bits per heavy atom. The van der Waals surface area contributed by atoms with Crippen LogP contribution in [0.15, 0.2) is 91.4 Å². The summed E-state index contributed by atoms with van der Waals surface area (Å²) in [5.41, 5.74) is 12.1. The van der Waals surface area contributed by atoms with Gasteiger partial charge in [0, 0.05) is 35.0 Å². The van der Waals surface area contributed by atoms with Crippen molar-refractivity contribution >= 4 is 21.8 Å². The number of aryl methyl sites for hydroxylation is 2. The normalized spacial score (nSPS) is 11.7. The fourth-order valence-electron chi connectivity index (χ4n) is 7.19. The molecular weight excluding hydrogens is 808 g/mol. The van der Waals surface area contributed by atoms with Crippen molar-refractivity contribution in [3.8, 4) is 34.1 Å². The second-order valence-electron chi connectivity index (χ2n) is 14.8. The molecule has 0 bridgehead atoms. The minimum absolute atomic E-state index is 0. The van der Waals surface area contributed by atoms with Crippen LogP contribution < -0.4 is 4.74 Å². The Bertz CT molecular complexity index is 2290. The maximum Gasteiger partial charge on any atom is 2.00 e. The SMILES string of the molecule is Cc1cc(C)c(CC(C)C)c(-c2cnn(-c3[c-]c(Oc4[c-]c5c(cc4)c4ccccc4n5-c4cc(C(C)C)ccn4)ccc3)c2)c1CC(C)C.[Pt+2]. The van der Waals surface area contributed by atoms with Gasteiger partial charge in [0.15, 0.2) is 0 Å². The molecule has 0 unspecified atom stereocenters. The summed E-state index contributed by atoms with van der Waals surface area (Å²) in [6, 6.07) is 32.1. The van der Waals surface area contributed by atoms with Crippen molar-refractivity contribution in [1.29, 1.82) is 0 Å². The molecule has 3 heterocycles. The summed E-state index contributed by atoms with van der Waals surface area (Å²) < 4.78 is 10.6. The standard InChI is InChI=1S/C45H46N4O.Pt/c1-28(2)20-40-31(7)22-32(8)41(21-29(3)4)45(40)34-26-47-48(27-34)35-12-11-13-36(24-35)50-37-16-17-39-38-14-9-10-15-42(38)49(43(39)25-37)44-23-33(30(5)6)18-19-46-44;/h9-19,22-23,26-30H,20-21H2,1-8H3;/q-2;+2. The van der Waals surface area contributed by atoms with E-state index in [1.54, 1.807) is 0 Å². The first-order chi connectivity index (χ1) is 24.1. The summed E-state index contributed by atoms with van der Waals surface area (Å²) in [6.45, 7) is 18.1. The number of hydrogen-bond donors (Lipinski definition) is 0. The molecule has 0 N–H and O–H groups in total. The first-order valence-corrected chi connectivity index (χ1v) is 17.9. The zero-order valence-corrected chi connectivity index (χ0v) is 33.1. The molecule has 262 valence electrons. The molecule has 0 amide bonds. The number of pyridine rings is 1. The van der Waals surface area contributed by atoms with E-state index in [1.165, 1.54) is 33.4 Å². The van der Waals surface area contributed by atoms with E-state index in [-0.39, 0.29) is 21.1 Å². The molecule has 7 aromatic rings. The number of hydrogen-bond acceptors (Lipinski definition) is 3. The van der Waals surface area contributed by atoms with Gasteiger partial charge in [0.1, 0.15) is 5.82 Å². The zero-order valence-electron chi connectivity index (χ0n) is 30.8. The van der Waals surface area contributed by atoms with Gasteiger partial charge in [0.2, 0.25) is 0 Å². The average molecular weight is 854 g/mol. The van der Waals surface area contributed by atoms with E-state index in [0.717, 1.165) is 51.7 Å². The Hall–Kier alpha value is -4.47. The molecule has 51 heavy (non-hydrogen) atoms. The van der Waals surface area contributed by atoms with E-state index in [9.17, 15) is 0 Å². The van der Waals surface area contributed by atoms with Gasteiger partial charge < -0.3 is 9.30 Å². The van der Waals surface area contributed by atoms with E-state index >= 15 is 0 Å². The van der Waals surface area contributed by atoms with Crippen molar-refractivity contribution in [2.24, 2.45) is 11.8 Å². The molecular formula is C45H46N4OPt. The molecule has 0 atom stereocenters. The summed E-state index contributed by atoms with van der Waals surface area (Å²) >= 11 is 0. The molecule has 0 aliphatic rings. The molecule has 0 saturated heterocycles. The van der Waals surface area contributed by atoms with Crippen LogP contribution in [0.2, 0.25) is 0 Å². The Balaban J connectivity index is 0.00000448. The van der Waals surface area contributed by atoms with E-state index in [2.05, 4.69) is 127 Å². The number of aromatic nitrogens is 4. The first kappa shape index (κ1) is 36.3. The van der Waals surface area contributed by atoms with Crippen LogP contribution in [0.4, 0.5) is 0 Å². The third kappa shape index (κ3) is 7.32. The Morgan fingerprint density at radius 3 is 2.16 bits per heavy atom. The Kier molecular flexibility index (Phi) is 10.7. The van der Waals surface area contributed by atoms with Gasteiger partial charge in [-0.3, -0.25) is 4.68 Å². The molecule has 0 fully saturated rings. The van der Waals surface area contributed by atoms with Gasteiger partial charge in [-0.15, -0.1) is 35.7 Å². The number of fused-ring (bicyclic) bond motifs is 3. The van der Waals surface area contributed by atoms with Crippen molar-refractivity contribution in [2.75, 3.05) is 0 Å². The molecule has 4 aromatic carbocycles. The van der Waals surface area contributed by atoms with Gasteiger partial charge in [-0.05, 0) is 107 Å². The maximum absolute atomic E-state index is 6.46. The molecule has 3 aromatic heterocycles. The summed E-state index contributed by atoms with van der Waals surface area (Å²) in [5.74, 6) is 3.59. The molecule has 0 radical (unpaired) electrons. The summed E-state index contributed by atoms with van der Waals surface area (Å²) in [7, 11) is 0. The third-order valence-electron chi connectivity index (χ3n) is 9.53. The van der Waals surface area contributed by atoms with Crippen LogP contribution in [0, 0.1) is 37.8 Å². The van der Waals surface area contributed by atoms with Crippen LogP contribution in [0.3, 0.4) is 0 Å². The maximum atomic E-state index is 6.46. The molecule has 0 aliphatic heterocycles. The molecule has 7 rings (SSSR count). The monoisotopic (exact) mass is 853 g/mol. The van der Waals surface area contributed by atoms with Crippen LogP contribution in [0.1, 0.15) is 75.3 Å². The number of rotatable bonds is 10. The Morgan fingerprint density at radius 1 is 0.745 bits per heavy atom. The number of para-hydroxylation sites is 1. The van der Waals surface area contributed by atoms with Crippen molar-refractivity contribution < 1.29 is 25.8 Å². The van der Waals surface area contributed by atoms with Gasteiger partial charge in [-0.1, -0.05) is 71.3 Å². The van der Waals surface area contributed by atoms with Gasteiger partial charge in [0.05, 0.1) is 6.20 Å². The van der Waals surface area contributed by atoms with E-state index in [1.807, 2.05) is 41.3 Å². The molecule has 0 spiro atoms. The predicted octanol–water partition coefficient (Wildman–Crippen LogP) is 11.6. The van der Waals surface area contributed by atoms with Crippen LogP contribution in [0.25, 0.3) is 44.4 Å².